The van der Waals surface area contributed by atoms with Crippen LogP contribution in [0.4, 0.5) is 5.00 Å². The summed E-state index contributed by atoms with van der Waals surface area (Å²) in [5, 5.41) is 3.37. The minimum atomic E-state index is -3.82. The van der Waals surface area contributed by atoms with E-state index in [1.165, 1.54) is 15.6 Å². The minimum Gasteiger partial charge on any atom is -0.462 e. The number of carbonyl (C=O) groups excluding carboxylic acids is 2. The van der Waals surface area contributed by atoms with Crippen LogP contribution in [0.15, 0.2) is 29.2 Å². The summed E-state index contributed by atoms with van der Waals surface area (Å²) in [5.41, 5.74) is 2.32. The summed E-state index contributed by atoms with van der Waals surface area (Å²) in [6.07, 6.45) is 2.79. The molecule has 8 nitrogen and oxygen atoms in total. The normalized spacial score (nSPS) is 18.9. The fourth-order valence-corrected chi connectivity index (χ4v) is 7.74. The zero-order valence-electron chi connectivity index (χ0n) is 20.5. The number of fused-ring (bicyclic) bond motifs is 1. The van der Waals surface area contributed by atoms with Gasteiger partial charge in [-0.15, -0.1) is 11.3 Å². The number of anilines is 1. The Morgan fingerprint density at radius 3 is 2.60 bits per heavy atom. The van der Waals surface area contributed by atoms with Crippen LogP contribution in [0.25, 0.3) is 0 Å². The number of rotatable bonds is 8. The molecule has 1 aromatic carbocycles. The first-order chi connectivity index (χ1) is 16.8. The fraction of sp³-hybridized carbons (Fsp3) is 0.520. The van der Waals surface area contributed by atoms with E-state index in [1.807, 2.05) is 6.92 Å². The van der Waals surface area contributed by atoms with Gasteiger partial charge in [-0.3, -0.25) is 9.69 Å². The first-order valence-electron chi connectivity index (χ1n) is 12.2. The Morgan fingerprint density at radius 1 is 1.17 bits per heavy atom. The van der Waals surface area contributed by atoms with E-state index in [-0.39, 0.29) is 18.0 Å². The largest absolute Gasteiger partial charge is 0.462 e. The predicted molar refractivity (Wildman–Crippen MR) is 136 cm³/mol. The van der Waals surface area contributed by atoms with Crippen LogP contribution in [-0.2, 0) is 32.5 Å². The maximum absolute atomic E-state index is 13.4. The molecule has 0 aliphatic carbocycles. The maximum Gasteiger partial charge on any atom is 0.341 e. The number of nitrogens with one attached hydrogen (secondary N) is 1. The van der Waals surface area contributed by atoms with Gasteiger partial charge in [-0.05, 0) is 63.8 Å². The Morgan fingerprint density at radius 2 is 1.91 bits per heavy atom. The summed E-state index contributed by atoms with van der Waals surface area (Å²) in [6, 6.07) is 5.83. The number of benzene rings is 1. The molecule has 4 rings (SSSR count). The molecule has 2 aliphatic heterocycles. The highest BCUT2D eigenvalue weighted by molar-refractivity contribution is 7.89. The maximum atomic E-state index is 13.4. The second-order valence-electron chi connectivity index (χ2n) is 9.03. The second-order valence-corrected chi connectivity index (χ2v) is 12.0. The van der Waals surface area contributed by atoms with Crippen molar-refractivity contribution in [1.29, 1.82) is 0 Å². The van der Waals surface area contributed by atoms with Crippen molar-refractivity contribution >= 4 is 38.2 Å². The van der Waals surface area contributed by atoms with E-state index < -0.39 is 27.9 Å². The van der Waals surface area contributed by atoms with Crippen molar-refractivity contribution in [3.05, 3.63) is 45.8 Å². The lowest BCUT2D eigenvalue weighted by Crippen LogP contribution is -2.43. The summed E-state index contributed by atoms with van der Waals surface area (Å²) >= 11 is 1.40. The molecule has 1 atom stereocenters. The number of thiophene rings is 1. The number of nitrogens with zero attached hydrogens (tertiary/aromatic N) is 2. The Labute approximate surface area is 211 Å². The number of sulfonamides is 1. The Bertz CT molecular complexity index is 1190. The van der Waals surface area contributed by atoms with Crippen LogP contribution in [0.2, 0.25) is 0 Å². The lowest BCUT2D eigenvalue weighted by atomic mass is 10.0. The molecule has 1 amide bonds. The zero-order valence-corrected chi connectivity index (χ0v) is 22.1. The molecule has 2 aromatic rings. The fourth-order valence-electron chi connectivity index (χ4n) is 4.80. The smallest absolute Gasteiger partial charge is 0.341 e. The van der Waals surface area contributed by atoms with Gasteiger partial charge in [0.15, 0.2) is 0 Å². The molecule has 35 heavy (non-hydrogen) atoms. The molecule has 1 aromatic heterocycles. The van der Waals surface area contributed by atoms with Gasteiger partial charge >= 0.3 is 5.97 Å². The lowest BCUT2D eigenvalue weighted by Gasteiger charge is -2.26. The molecule has 2 aliphatic rings. The van der Waals surface area contributed by atoms with Crippen LogP contribution in [0, 0.1) is 6.92 Å². The van der Waals surface area contributed by atoms with Crippen LogP contribution in [0.5, 0.6) is 0 Å². The number of carbonyl (C=O) groups is 2. The third kappa shape index (κ3) is 5.30. The summed E-state index contributed by atoms with van der Waals surface area (Å²) in [6.45, 7) is 8.86. The molecule has 1 unspecified atom stereocenters. The van der Waals surface area contributed by atoms with Crippen LogP contribution >= 0.6 is 11.3 Å². The Balaban J connectivity index is 1.60. The molecule has 1 saturated heterocycles. The number of aryl methyl sites for hydroxylation is 1. The number of hydrogen-bond acceptors (Lipinski definition) is 7. The van der Waals surface area contributed by atoms with Gasteiger partial charge in [-0.2, -0.15) is 4.31 Å². The van der Waals surface area contributed by atoms with Gasteiger partial charge in [-0.25, -0.2) is 13.2 Å². The number of hydrogen-bond donors (Lipinski definition) is 1. The predicted octanol–water partition coefficient (Wildman–Crippen LogP) is 3.79. The molecule has 0 bridgehead atoms. The molecule has 190 valence electrons. The molecule has 0 spiro atoms. The van der Waals surface area contributed by atoms with Gasteiger partial charge in [0.05, 0.1) is 17.1 Å². The van der Waals surface area contributed by atoms with E-state index in [2.05, 4.69) is 17.1 Å². The molecular weight excluding hydrogens is 486 g/mol. The van der Waals surface area contributed by atoms with Gasteiger partial charge in [0.2, 0.25) is 15.9 Å². The van der Waals surface area contributed by atoms with E-state index in [1.54, 1.807) is 31.2 Å². The van der Waals surface area contributed by atoms with Gasteiger partial charge in [-0.1, -0.05) is 24.6 Å². The monoisotopic (exact) mass is 519 g/mol. The third-order valence-corrected chi connectivity index (χ3v) is 9.58. The zero-order chi connectivity index (χ0) is 25.2. The molecular formula is C25H33N3O5S2. The summed E-state index contributed by atoms with van der Waals surface area (Å²) in [4.78, 5) is 29.8. The standard InChI is InChI=1S/C25H33N3O5S2/c1-4-13-27-15-12-19-21(16-27)34-24(22(19)25(30)33-5-2)26-23(29)20-7-6-14-28(20)35(31,32)18-10-8-17(3)9-11-18/h8-11,20H,4-7,12-16H2,1-3H3,(H,26,29). The highest BCUT2D eigenvalue weighted by Crippen LogP contribution is 2.38. The average molecular weight is 520 g/mol. The molecule has 0 saturated carbocycles. The summed E-state index contributed by atoms with van der Waals surface area (Å²) in [5.74, 6) is -0.854. The Kier molecular flexibility index (Phi) is 7.95. The van der Waals surface area contributed by atoms with Gasteiger partial charge in [0, 0.05) is 24.5 Å². The van der Waals surface area contributed by atoms with E-state index in [9.17, 15) is 18.0 Å². The van der Waals surface area contributed by atoms with Gasteiger partial charge < -0.3 is 10.1 Å². The van der Waals surface area contributed by atoms with Crippen molar-refractivity contribution in [2.45, 2.75) is 63.9 Å². The highest BCUT2D eigenvalue weighted by Gasteiger charge is 2.40. The average Bonchev–Trinajstić information content (AvgIpc) is 3.45. The van der Waals surface area contributed by atoms with E-state index >= 15 is 0 Å². The molecule has 3 heterocycles. The summed E-state index contributed by atoms with van der Waals surface area (Å²) < 4.78 is 33.2. The quantitative estimate of drug-likeness (QED) is 0.533. The van der Waals surface area contributed by atoms with Crippen molar-refractivity contribution in [3.8, 4) is 0 Å². The third-order valence-electron chi connectivity index (χ3n) is 6.53. The molecule has 1 N–H and O–H groups in total. The lowest BCUT2D eigenvalue weighted by molar-refractivity contribution is -0.119. The van der Waals surface area contributed by atoms with Gasteiger partial charge in [0.1, 0.15) is 11.0 Å². The molecule has 0 radical (unpaired) electrons. The number of amides is 1. The highest BCUT2D eigenvalue weighted by atomic mass is 32.2. The SMILES string of the molecule is CCCN1CCc2c(sc(NC(=O)C3CCCN3S(=O)(=O)c3ccc(C)cc3)c2C(=O)OCC)C1. The van der Waals surface area contributed by atoms with E-state index in [0.29, 0.717) is 29.8 Å². The number of esters is 1. The number of ether oxygens (including phenoxy) is 1. The summed E-state index contributed by atoms with van der Waals surface area (Å²) in [7, 11) is -3.82. The van der Waals surface area contributed by atoms with E-state index in [4.69, 9.17) is 4.74 Å². The topological polar surface area (TPSA) is 96.0 Å². The molecule has 10 heteroatoms. The van der Waals surface area contributed by atoms with Crippen LogP contribution < -0.4 is 5.32 Å². The van der Waals surface area contributed by atoms with Crippen molar-refractivity contribution in [2.75, 3.05) is 31.6 Å². The first-order valence-corrected chi connectivity index (χ1v) is 14.4. The van der Waals surface area contributed by atoms with Crippen molar-refractivity contribution in [3.63, 3.8) is 0 Å². The minimum absolute atomic E-state index is 0.178. The van der Waals surface area contributed by atoms with Crippen LogP contribution in [-0.4, -0.2) is 61.8 Å². The van der Waals surface area contributed by atoms with E-state index in [0.717, 1.165) is 42.1 Å². The van der Waals surface area contributed by atoms with Crippen molar-refractivity contribution < 1.29 is 22.7 Å². The van der Waals surface area contributed by atoms with Crippen molar-refractivity contribution in [1.82, 2.24) is 9.21 Å². The van der Waals surface area contributed by atoms with Crippen molar-refractivity contribution in [2.24, 2.45) is 0 Å². The van der Waals surface area contributed by atoms with Crippen LogP contribution in [0.1, 0.15) is 59.5 Å². The molecule has 1 fully saturated rings. The van der Waals surface area contributed by atoms with Crippen LogP contribution in [0.3, 0.4) is 0 Å². The second kappa shape index (κ2) is 10.8. The van der Waals surface area contributed by atoms with Gasteiger partial charge in [0.25, 0.3) is 0 Å². The Hall–Kier alpha value is -2.27. The first kappa shape index (κ1) is 25.8.